The predicted octanol–water partition coefficient (Wildman–Crippen LogP) is 1.18. The van der Waals surface area contributed by atoms with Gasteiger partial charge in [-0.3, -0.25) is 4.79 Å². The van der Waals surface area contributed by atoms with Gasteiger partial charge in [0.25, 0.3) is 15.0 Å². The van der Waals surface area contributed by atoms with Crippen LogP contribution in [0.15, 0.2) is 17.0 Å². The van der Waals surface area contributed by atoms with E-state index in [1.54, 1.807) is 0 Å². The fraction of sp³-hybridized carbons (Fsp3) is 0.300. The SMILES string of the molecule is CS(=O)(=O)CCNC(=O)c1cc(S(=O)(=O)Cl)c(F)cc1Cl. The lowest BCUT2D eigenvalue weighted by atomic mass is 10.2. The molecule has 1 amide bonds. The maximum absolute atomic E-state index is 13.4. The molecule has 0 saturated heterocycles. The Kier molecular flexibility index (Phi) is 5.59. The fourth-order valence-corrected chi connectivity index (χ4v) is 2.95. The smallest absolute Gasteiger partial charge is 0.264 e. The van der Waals surface area contributed by atoms with E-state index in [1.165, 1.54) is 0 Å². The molecule has 0 atom stereocenters. The summed E-state index contributed by atoms with van der Waals surface area (Å²) in [5.41, 5.74) is -0.328. The van der Waals surface area contributed by atoms with Crippen LogP contribution < -0.4 is 5.32 Å². The molecular weight excluding hydrogens is 368 g/mol. The van der Waals surface area contributed by atoms with E-state index < -0.39 is 35.5 Å². The van der Waals surface area contributed by atoms with Crippen LogP contribution in [0.5, 0.6) is 0 Å². The van der Waals surface area contributed by atoms with Gasteiger partial charge in [-0.25, -0.2) is 21.2 Å². The summed E-state index contributed by atoms with van der Waals surface area (Å²) in [6.45, 7) is -0.200. The highest BCUT2D eigenvalue weighted by Gasteiger charge is 2.21. The average Bonchev–Trinajstić information content (AvgIpc) is 2.24. The van der Waals surface area contributed by atoms with Gasteiger partial charge in [0.1, 0.15) is 20.5 Å². The largest absolute Gasteiger partial charge is 0.351 e. The van der Waals surface area contributed by atoms with Gasteiger partial charge in [0, 0.05) is 23.5 Å². The van der Waals surface area contributed by atoms with Gasteiger partial charge in [-0.1, -0.05) is 11.6 Å². The molecule has 0 radical (unpaired) electrons. The summed E-state index contributed by atoms with van der Waals surface area (Å²) < 4.78 is 57.6. The van der Waals surface area contributed by atoms with Gasteiger partial charge in [0.15, 0.2) is 0 Å². The van der Waals surface area contributed by atoms with Crippen molar-refractivity contribution in [3.63, 3.8) is 0 Å². The van der Waals surface area contributed by atoms with E-state index in [9.17, 15) is 26.0 Å². The van der Waals surface area contributed by atoms with Crippen molar-refractivity contribution in [2.24, 2.45) is 0 Å². The van der Waals surface area contributed by atoms with E-state index >= 15 is 0 Å². The molecule has 1 N–H and O–H groups in total. The lowest BCUT2D eigenvalue weighted by Crippen LogP contribution is -2.29. The average molecular weight is 378 g/mol. The third kappa shape index (κ3) is 5.42. The summed E-state index contributed by atoms with van der Waals surface area (Å²) in [5.74, 6) is -2.34. The summed E-state index contributed by atoms with van der Waals surface area (Å²) in [5, 5.41) is 1.91. The zero-order valence-electron chi connectivity index (χ0n) is 10.6. The first kappa shape index (κ1) is 18.1. The summed E-state index contributed by atoms with van der Waals surface area (Å²) in [6.07, 6.45) is 0.988. The van der Waals surface area contributed by atoms with Gasteiger partial charge in [-0.15, -0.1) is 0 Å². The van der Waals surface area contributed by atoms with E-state index in [-0.39, 0.29) is 22.9 Å². The normalized spacial score (nSPS) is 12.2. The van der Waals surface area contributed by atoms with E-state index in [0.29, 0.717) is 12.1 Å². The Bertz CT molecular complexity index is 777. The lowest BCUT2D eigenvalue weighted by molar-refractivity contribution is 0.0956. The van der Waals surface area contributed by atoms with Crippen LogP contribution >= 0.6 is 22.3 Å². The number of halogens is 3. The van der Waals surface area contributed by atoms with Crippen molar-refractivity contribution in [2.75, 3.05) is 18.6 Å². The molecular formula is C10H10Cl2FNO5S2. The molecule has 1 rings (SSSR count). The molecule has 0 aliphatic rings. The van der Waals surface area contributed by atoms with Gasteiger partial charge in [0.2, 0.25) is 0 Å². The predicted molar refractivity (Wildman–Crippen MR) is 76.5 cm³/mol. The number of amides is 1. The topological polar surface area (TPSA) is 97.4 Å². The number of carbonyl (C=O) groups is 1. The van der Waals surface area contributed by atoms with Crippen molar-refractivity contribution >= 4 is 47.1 Å². The molecule has 0 saturated carbocycles. The van der Waals surface area contributed by atoms with Gasteiger partial charge < -0.3 is 5.32 Å². The Morgan fingerprint density at radius 3 is 2.33 bits per heavy atom. The Morgan fingerprint density at radius 1 is 1.29 bits per heavy atom. The molecule has 0 bridgehead atoms. The van der Waals surface area contributed by atoms with Crippen LogP contribution in [0.3, 0.4) is 0 Å². The zero-order valence-corrected chi connectivity index (χ0v) is 13.7. The maximum Gasteiger partial charge on any atom is 0.264 e. The van der Waals surface area contributed by atoms with Gasteiger partial charge >= 0.3 is 0 Å². The Labute approximate surface area is 130 Å². The standard InChI is InChI=1S/C10H10Cl2FNO5S2/c1-20(16,17)3-2-14-10(15)6-4-9(21(12,18)19)8(13)5-7(6)11/h4-5H,2-3H2,1H3,(H,14,15). The third-order valence-corrected chi connectivity index (χ3v) is 4.88. The number of carbonyl (C=O) groups excluding carboxylic acids is 1. The van der Waals surface area contributed by atoms with Crippen LogP contribution in [0.2, 0.25) is 5.02 Å². The highest BCUT2D eigenvalue weighted by Crippen LogP contribution is 2.26. The number of hydrogen-bond donors (Lipinski definition) is 1. The molecule has 0 heterocycles. The Hall–Kier alpha value is -0.900. The van der Waals surface area contributed by atoms with Crippen LogP contribution in [0.1, 0.15) is 10.4 Å². The van der Waals surface area contributed by atoms with E-state index in [2.05, 4.69) is 5.32 Å². The first-order chi connectivity index (χ1) is 9.42. The fourth-order valence-electron chi connectivity index (χ4n) is 1.34. The first-order valence-corrected chi connectivity index (χ1v) is 10.1. The quantitative estimate of drug-likeness (QED) is 0.776. The molecule has 0 aromatic heterocycles. The zero-order chi connectivity index (χ0) is 16.4. The number of sulfone groups is 1. The molecule has 1 aromatic rings. The van der Waals surface area contributed by atoms with Crippen LogP contribution in [-0.4, -0.2) is 41.3 Å². The molecule has 0 spiro atoms. The van der Waals surface area contributed by atoms with Gasteiger partial charge in [-0.2, -0.15) is 0 Å². The monoisotopic (exact) mass is 377 g/mol. The second kappa shape index (κ2) is 6.47. The minimum atomic E-state index is -4.39. The summed E-state index contributed by atoms with van der Waals surface area (Å²) in [4.78, 5) is 10.9. The highest BCUT2D eigenvalue weighted by atomic mass is 35.7. The van der Waals surface area contributed by atoms with Crippen molar-refractivity contribution in [3.8, 4) is 0 Å². The van der Waals surface area contributed by atoms with Crippen molar-refractivity contribution in [2.45, 2.75) is 4.90 Å². The molecule has 6 nitrogen and oxygen atoms in total. The van der Waals surface area contributed by atoms with Gasteiger partial charge in [0.05, 0.1) is 16.3 Å². The van der Waals surface area contributed by atoms with E-state index in [4.69, 9.17) is 22.3 Å². The molecule has 1 aromatic carbocycles. The summed E-state index contributed by atoms with van der Waals surface area (Å²) >= 11 is 5.66. The second-order valence-electron chi connectivity index (χ2n) is 4.09. The van der Waals surface area contributed by atoms with Crippen molar-refractivity contribution < 1.29 is 26.0 Å². The molecule has 118 valence electrons. The number of benzene rings is 1. The summed E-state index contributed by atoms with van der Waals surface area (Å²) in [6, 6.07) is 1.33. The summed E-state index contributed by atoms with van der Waals surface area (Å²) in [7, 11) is -2.63. The molecule has 0 aliphatic carbocycles. The molecule has 21 heavy (non-hydrogen) atoms. The second-order valence-corrected chi connectivity index (χ2v) is 9.29. The molecule has 0 fully saturated rings. The minimum absolute atomic E-state index is 0.200. The Morgan fingerprint density at radius 2 is 1.86 bits per heavy atom. The van der Waals surface area contributed by atoms with E-state index in [1.807, 2.05) is 0 Å². The van der Waals surface area contributed by atoms with Crippen LogP contribution in [0, 0.1) is 5.82 Å². The van der Waals surface area contributed by atoms with Crippen LogP contribution in [-0.2, 0) is 18.9 Å². The minimum Gasteiger partial charge on any atom is -0.351 e. The number of rotatable bonds is 5. The third-order valence-electron chi connectivity index (χ3n) is 2.29. The van der Waals surface area contributed by atoms with Crippen LogP contribution in [0.25, 0.3) is 0 Å². The molecule has 11 heteroatoms. The maximum atomic E-state index is 13.4. The van der Waals surface area contributed by atoms with Gasteiger partial charge in [-0.05, 0) is 12.1 Å². The lowest BCUT2D eigenvalue weighted by Gasteiger charge is -2.08. The van der Waals surface area contributed by atoms with Crippen molar-refractivity contribution in [1.29, 1.82) is 0 Å². The molecule has 0 aliphatic heterocycles. The van der Waals surface area contributed by atoms with E-state index in [0.717, 1.165) is 6.26 Å². The highest BCUT2D eigenvalue weighted by molar-refractivity contribution is 8.13. The Balaban J connectivity index is 3.05. The molecule has 0 unspecified atom stereocenters. The number of hydrogen-bond acceptors (Lipinski definition) is 5. The first-order valence-electron chi connectivity index (χ1n) is 5.31. The van der Waals surface area contributed by atoms with Crippen LogP contribution in [0.4, 0.5) is 4.39 Å². The van der Waals surface area contributed by atoms with Crippen molar-refractivity contribution in [1.82, 2.24) is 5.32 Å². The number of nitrogens with one attached hydrogen (secondary N) is 1. The van der Waals surface area contributed by atoms with Crippen molar-refractivity contribution in [3.05, 3.63) is 28.5 Å².